The molecular formula is C10H18N4O2. The van der Waals surface area contributed by atoms with Gasteiger partial charge in [0.1, 0.15) is 5.54 Å². The fourth-order valence-electron chi connectivity index (χ4n) is 1.53. The third-order valence-electron chi connectivity index (χ3n) is 2.53. The largest absolute Gasteiger partial charge is 0.480 e. The minimum absolute atomic E-state index is 0.413. The van der Waals surface area contributed by atoms with Gasteiger partial charge in [-0.15, -0.1) is 5.10 Å². The first-order valence-corrected chi connectivity index (χ1v) is 5.31. The van der Waals surface area contributed by atoms with Crippen LogP contribution in [0, 0.1) is 0 Å². The van der Waals surface area contributed by atoms with Gasteiger partial charge in [0.05, 0.1) is 5.69 Å². The Hall–Kier alpha value is -1.43. The average Bonchev–Trinajstić information content (AvgIpc) is 2.61. The zero-order valence-electron chi connectivity index (χ0n) is 9.90. The molecule has 0 aliphatic carbocycles. The maximum Gasteiger partial charge on any atom is 0.323 e. The van der Waals surface area contributed by atoms with Crippen molar-refractivity contribution in [1.82, 2.24) is 20.3 Å². The Balaban J connectivity index is 2.60. The molecule has 1 atom stereocenters. The number of aliphatic carboxylic acids is 1. The van der Waals surface area contributed by atoms with Crippen LogP contribution < -0.4 is 5.32 Å². The molecule has 16 heavy (non-hydrogen) atoms. The lowest BCUT2D eigenvalue weighted by molar-refractivity contribution is -0.144. The summed E-state index contributed by atoms with van der Waals surface area (Å²) in [5.41, 5.74) is -0.155. The Kier molecular flexibility index (Phi) is 4.00. The van der Waals surface area contributed by atoms with E-state index in [1.54, 1.807) is 24.9 Å². The summed E-state index contributed by atoms with van der Waals surface area (Å²) in [6.45, 7) is 4.07. The third-order valence-corrected chi connectivity index (χ3v) is 2.53. The molecule has 1 unspecified atom stereocenters. The third kappa shape index (κ3) is 3.03. The molecule has 0 radical (unpaired) electrons. The van der Waals surface area contributed by atoms with Crippen molar-refractivity contribution in [3.05, 3.63) is 11.9 Å². The zero-order valence-corrected chi connectivity index (χ0v) is 9.90. The number of hydrogen-bond donors (Lipinski definition) is 2. The first-order chi connectivity index (χ1) is 7.48. The van der Waals surface area contributed by atoms with E-state index >= 15 is 0 Å². The summed E-state index contributed by atoms with van der Waals surface area (Å²) in [4.78, 5) is 11.1. The second-order valence-corrected chi connectivity index (χ2v) is 4.12. The smallest absolute Gasteiger partial charge is 0.323 e. The lowest BCUT2D eigenvalue weighted by Crippen LogP contribution is -2.49. The van der Waals surface area contributed by atoms with Crippen LogP contribution >= 0.6 is 0 Å². The first-order valence-electron chi connectivity index (χ1n) is 5.31. The monoisotopic (exact) mass is 226 g/mol. The normalized spacial score (nSPS) is 14.7. The Labute approximate surface area is 94.7 Å². The van der Waals surface area contributed by atoms with Gasteiger partial charge in [0.15, 0.2) is 0 Å². The predicted octanol–water partition coefficient (Wildman–Crippen LogP) is 0.548. The number of carboxylic acid groups (broad SMARTS) is 1. The van der Waals surface area contributed by atoms with Crippen molar-refractivity contribution >= 4 is 5.97 Å². The highest BCUT2D eigenvalue weighted by Crippen LogP contribution is 2.13. The summed E-state index contributed by atoms with van der Waals surface area (Å²) in [6, 6.07) is 0. The molecule has 0 aliphatic heterocycles. The van der Waals surface area contributed by atoms with E-state index in [9.17, 15) is 4.79 Å². The van der Waals surface area contributed by atoms with Crippen molar-refractivity contribution in [3.63, 3.8) is 0 Å². The molecule has 0 bridgehead atoms. The van der Waals surface area contributed by atoms with Crippen molar-refractivity contribution in [2.45, 2.75) is 38.8 Å². The van der Waals surface area contributed by atoms with Crippen LogP contribution in [0.25, 0.3) is 0 Å². The van der Waals surface area contributed by atoms with Gasteiger partial charge in [0.25, 0.3) is 0 Å². The van der Waals surface area contributed by atoms with Crippen LogP contribution in [0.4, 0.5) is 0 Å². The van der Waals surface area contributed by atoms with E-state index in [1.165, 1.54) is 0 Å². The Bertz CT molecular complexity index is 363. The van der Waals surface area contributed by atoms with Gasteiger partial charge in [0.2, 0.25) is 0 Å². The van der Waals surface area contributed by atoms with Crippen molar-refractivity contribution < 1.29 is 9.90 Å². The predicted molar refractivity (Wildman–Crippen MR) is 58.8 cm³/mol. The molecule has 1 rings (SSSR count). The summed E-state index contributed by atoms with van der Waals surface area (Å²) in [5.74, 6) is -0.835. The number of nitrogens with zero attached hydrogens (tertiary/aromatic N) is 3. The van der Waals surface area contributed by atoms with E-state index in [0.717, 1.165) is 12.1 Å². The number of carbonyl (C=O) groups is 1. The van der Waals surface area contributed by atoms with Crippen LogP contribution in [0.3, 0.4) is 0 Å². The van der Waals surface area contributed by atoms with E-state index in [-0.39, 0.29) is 0 Å². The molecule has 0 aliphatic rings. The van der Waals surface area contributed by atoms with Gasteiger partial charge < -0.3 is 5.11 Å². The number of aromatic nitrogens is 3. The zero-order chi connectivity index (χ0) is 12.2. The number of carboxylic acids is 1. The van der Waals surface area contributed by atoms with Gasteiger partial charge in [-0.2, -0.15) is 0 Å². The van der Waals surface area contributed by atoms with Crippen molar-refractivity contribution in [1.29, 1.82) is 0 Å². The standard InChI is InChI=1S/C10H18N4O2/c1-4-5-10(2,9(15)16)11-6-8-7-14(3)13-12-8/h7,11H,4-6H2,1-3H3,(H,15,16). The maximum atomic E-state index is 11.1. The van der Waals surface area contributed by atoms with E-state index in [2.05, 4.69) is 15.6 Å². The second-order valence-electron chi connectivity index (χ2n) is 4.12. The molecule has 0 saturated carbocycles. The topological polar surface area (TPSA) is 80.0 Å². The molecule has 6 nitrogen and oxygen atoms in total. The van der Waals surface area contributed by atoms with Crippen molar-refractivity contribution in [2.75, 3.05) is 0 Å². The van der Waals surface area contributed by atoms with E-state index in [0.29, 0.717) is 13.0 Å². The number of hydrogen-bond acceptors (Lipinski definition) is 4. The summed E-state index contributed by atoms with van der Waals surface area (Å²) < 4.78 is 1.59. The lowest BCUT2D eigenvalue weighted by Gasteiger charge is -2.25. The highest BCUT2D eigenvalue weighted by atomic mass is 16.4. The van der Waals surface area contributed by atoms with Crippen molar-refractivity contribution in [2.24, 2.45) is 7.05 Å². The quantitative estimate of drug-likeness (QED) is 0.740. The maximum absolute atomic E-state index is 11.1. The minimum atomic E-state index is -0.897. The highest BCUT2D eigenvalue weighted by molar-refractivity contribution is 5.78. The average molecular weight is 226 g/mol. The second kappa shape index (κ2) is 5.07. The Morgan fingerprint density at radius 1 is 1.69 bits per heavy atom. The number of nitrogens with one attached hydrogen (secondary N) is 1. The molecule has 0 spiro atoms. The van der Waals surface area contributed by atoms with E-state index < -0.39 is 11.5 Å². The summed E-state index contributed by atoms with van der Waals surface area (Å²) in [5, 5.41) is 19.8. The molecule has 0 aromatic carbocycles. The Morgan fingerprint density at radius 3 is 2.81 bits per heavy atom. The fraction of sp³-hybridized carbons (Fsp3) is 0.700. The molecule has 1 aromatic rings. The molecule has 1 aromatic heterocycles. The van der Waals surface area contributed by atoms with Gasteiger partial charge in [0, 0.05) is 19.8 Å². The van der Waals surface area contributed by atoms with Crippen LogP contribution in [0.1, 0.15) is 32.4 Å². The van der Waals surface area contributed by atoms with Crippen LogP contribution in [0.5, 0.6) is 0 Å². The van der Waals surface area contributed by atoms with Gasteiger partial charge in [-0.05, 0) is 13.3 Å². The first kappa shape index (κ1) is 12.6. The van der Waals surface area contributed by atoms with Gasteiger partial charge in [-0.25, -0.2) is 0 Å². The molecule has 0 saturated heterocycles. The van der Waals surface area contributed by atoms with Gasteiger partial charge in [-0.3, -0.25) is 14.8 Å². The molecule has 1 heterocycles. The molecule has 6 heteroatoms. The summed E-state index contributed by atoms with van der Waals surface area (Å²) >= 11 is 0. The lowest BCUT2D eigenvalue weighted by atomic mass is 9.96. The van der Waals surface area contributed by atoms with Crippen LogP contribution in [0.15, 0.2) is 6.20 Å². The molecule has 0 amide bonds. The van der Waals surface area contributed by atoms with Gasteiger partial charge in [-0.1, -0.05) is 18.6 Å². The number of aryl methyl sites for hydroxylation is 1. The fourth-order valence-corrected chi connectivity index (χ4v) is 1.53. The van der Waals surface area contributed by atoms with E-state index in [1.807, 2.05) is 6.92 Å². The summed E-state index contributed by atoms with van der Waals surface area (Å²) in [6.07, 6.45) is 3.17. The molecule has 90 valence electrons. The van der Waals surface area contributed by atoms with E-state index in [4.69, 9.17) is 5.11 Å². The molecule has 0 fully saturated rings. The van der Waals surface area contributed by atoms with Crippen LogP contribution in [-0.2, 0) is 18.4 Å². The van der Waals surface area contributed by atoms with Crippen LogP contribution in [0.2, 0.25) is 0 Å². The summed E-state index contributed by atoms with van der Waals surface area (Å²) in [7, 11) is 1.78. The highest BCUT2D eigenvalue weighted by Gasteiger charge is 2.31. The number of rotatable bonds is 6. The Morgan fingerprint density at radius 2 is 2.38 bits per heavy atom. The SMILES string of the molecule is CCCC(C)(NCc1cn(C)nn1)C(=O)O. The minimum Gasteiger partial charge on any atom is -0.480 e. The van der Waals surface area contributed by atoms with Gasteiger partial charge >= 0.3 is 5.97 Å². The molecule has 2 N–H and O–H groups in total. The van der Waals surface area contributed by atoms with Crippen LogP contribution in [-0.4, -0.2) is 31.6 Å². The van der Waals surface area contributed by atoms with Crippen molar-refractivity contribution in [3.8, 4) is 0 Å². The molecular weight excluding hydrogens is 208 g/mol.